The molecule has 0 fully saturated rings. The Morgan fingerprint density at radius 3 is 2.56 bits per heavy atom. The summed E-state index contributed by atoms with van der Waals surface area (Å²) in [6.45, 7) is 4.76. The van der Waals surface area contributed by atoms with E-state index < -0.39 is 23.8 Å². The van der Waals surface area contributed by atoms with Gasteiger partial charge in [-0.05, 0) is 26.0 Å². The van der Waals surface area contributed by atoms with Crippen molar-refractivity contribution in [2.75, 3.05) is 0 Å². The van der Waals surface area contributed by atoms with Crippen LogP contribution in [0.2, 0.25) is 0 Å². The number of ether oxygens (including phenoxy) is 1. The molecule has 8 heteroatoms. The van der Waals surface area contributed by atoms with Crippen LogP contribution in [0.5, 0.6) is 0 Å². The molecule has 0 aliphatic heterocycles. The molecular formula is C8H12F2N4O2. The normalized spacial score (nSPS) is 11.9. The number of aromatic nitrogens is 4. The van der Waals surface area contributed by atoms with Crippen molar-refractivity contribution in [3.05, 3.63) is 5.82 Å². The molecule has 1 aromatic heterocycles. The smallest absolute Gasteiger partial charge is 0.330 e. The zero-order valence-electron chi connectivity index (χ0n) is 9.15. The Kier molecular flexibility index (Phi) is 3.51. The van der Waals surface area contributed by atoms with Gasteiger partial charge in [0.25, 0.3) is 0 Å². The minimum atomic E-state index is -2.80. The van der Waals surface area contributed by atoms with Gasteiger partial charge in [0.05, 0.1) is 0 Å². The van der Waals surface area contributed by atoms with Gasteiger partial charge in [-0.2, -0.15) is 4.80 Å². The molecule has 1 heterocycles. The van der Waals surface area contributed by atoms with E-state index in [2.05, 4.69) is 15.4 Å². The first-order valence-corrected chi connectivity index (χ1v) is 4.55. The Morgan fingerprint density at radius 2 is 2.12 bits per heavy atom. The quantitative estimate of drug-likeness (QED) is 0.728. The molecule has 0 unspecified atom stereocenters. The van der Waals surface area contributed by atoms with E-state index in [1.807, 2.05) is 0 Å². The topological polar surface area (TPSA) is 69.9 Å². The van der Waals surface area contributed by atoms with E-state index in [4.69, 9.17) is 4.74 Å². The van der Waals surface area contributed by atoms with Crippen molar-refractivity contribution in [2.24, 2.45) is 0 Å². The average Bonchev–Trinajstić information content (AvgIpc) is 2.48. The lowest BCUT2D eigenvalue weighted by Gasteiger charge is -2.18. The second-order valence-electron chi connectivity index (χ2n) is 4.07. The third kappa shape index (κ3) is 3.87. The van der Waals surface area contributed by atoms with E-state index in [0.717, 1.165) is 4.80 Å². The second-order valence-corrected chi connectivity index (χ2v) is 4.07. The van der Waals surface area contributed by atoms with Crippen LogP contribution in [-0.4, -0.2) is 31.8 Å². The summed E-state index contributed by atoms with van der Waals surface area (Å²) in [6.07, 6.45) is -2.80. The summed E-state index contributed by atoms with van der Waals surface area (Å²) in [6, 6.07) is 0. The van der Waals surface area contributed by atoms with E-state index in [1.54, 1.807) is 20.8 Å². The first-order valence-electron chi connectivity index (χ1n) is 4.55. The second kappa shape index (κ2) is 4.50. The van der Waals surface area contributed by atoms with Crippen LogP contribution in [0.1, 0.15) is 33.0 Å². The third-order valence-electron chi connectivity index (χ3n) is 1.35. The maximum absolute atomic E-state index is 12.1. The molecule has 0 aromatic carbocycles. The fourth-order valence-corrected chi connectivity index (χ4v) is 0.899. The van der Waals surface area contributed by atoms with E-state index in [9.17, 15) is 13.6 Å². The number of tetrazole rings is 1. The van der Waals surface area contributed by atoms with Gasteiger partial charge in [-0.15, -0.1) is 10.2 Å². The minimum absolute atomic E-state index is 0.336. The van der Waals surface area contributed by atoms with Crippen LogP contribution >= 0.6 is 0 Å². The standard InChI is InChI=1S/C8H12F2N4O2/c1-8(2,3)16-5(15)4-14-12-7(6(9)10)11-13-14/h6H,4H2,1-3H3. The molecule has 0 aliphatic rings. The molecule has 1 rings (SSSR count). The van der Waals surface area contributed by atoms with Gasteiger partial charge < -0.3 is 4.74 Å². The predicted octanol–water partition coefficient (Wildman–Crippen LogP) is 0.952. The van der Waals surface area contributed by atoms with Gasteiger partial charge in [-0.1, -0.05) is 0 Å². The van der Waals surface area contributed by atoms with Crippen molar-refractivity contribution in [3.63, 3.8) is 0 Å². The molecule has 6 nitrogen and oxygen atoms in total. The largest absolute Gasteiger partial charge is 0.459 e. The highest BCUT2D eigenvalue weighted by atomic mass is 19.3. The molecule has 0 atom stereocenters. The van der Waals surface area contributed by atoms with E-state index in [1.165, 1.54) is 0 Å². The Hall–Kier alpha value is -1.60. The van der Waals surface area contributed by atoms with Crippen LogP contribution in [0.3, 0.4) is 0 Å². The summed E-state index contributed by atoms with van der Waals surface area (Å²) in [4.78, 5) is 12.0. The van der Waals surface area contributed by atoms with Crippen molar-refractivity contribution in [3.8, 4) is 0 Å². The Balaban J connectivity index is 2.57. The fourth-order valence-electron chi connectivity index (χ4n) is 0.899. The number of carbonyl (C=O) groups is 1. The van der Waals surface area contributed by atoms with Gasteiger partial charge in [0, 0.05) is 0 Å². The average molecular weight is 234 g/mol. The summed E-state index contributed by atoms with van der Waals surface area (Å²) in [5.74, 6) is -1.31. The summed E-state index contributed by atoms with van der Waals surface area (Å²) >= 11 is 0. The van der Waals surface area contributed by atoms with Crippen LogP contribution in [0.15, 0.2) is 0 Å². The van der Waals surface area contributed by atoms with Crippen molar-refractivity contribution < 1.29 is 18.3 Å². The van der Waals surface area contributed by atoms with Crippen molar-refractivity contribution >= 4 is 5.97 Å². The number of rotatable bonds is 3. The molecule has 0 saturated heterocycles. The van der Waals surface area contributed by atoms with Crippen LogP contribution < -0.4 is 0 Å². The van der Waals surface area contributed by atoms with Gasteiger partial charge in [-0.3, -0.25) is 0 Å². The molecule has 0 spiro atoms. The first kappa shape index (κ1) is 12.5. The SMILES string of the molecule is CC(C)(C)OC(=O)Cn1nnc(C(F)F)n1. The molecular weight excluding hydrogens is 222 g/mol. The van der Waals surface area contributed by atoms with Crippen molar-refractivity contribution in [2.45, 2.75) is 39.3 Å². The zero-order valence-corrected chi connectivity index (χ0v) is 9.15. The molecule has 0 N–H and O–H groups in total. The Morgan fingerprint density at radius 1 is 1.50 bits per heavy atom. The van der Waals surface area contributed by atoms with Crippen LogP contribution in [0.4, 0.5) is 8.78 Å². The number of nitrogens with zero attached hydrogens (tertiary/aromatic N) is 4. The summed E-state index contributed by atoms with van der Waals surface area (Å²) in [5.41, 5.74) is -0.636. The van der Waals surface area contributed by atoms with Crippen molar-refractivity contribution in [1.29, 1.82) is 0 Å². The highest BCUT2D eigenvalue weighted by molar-refractivity contribution is 5.69. The van der Waals surface area contributed by atoms with Crippen molar-refractivity contribution in [1.82, 2.24) is 20.2 Å². The highest BCUT2D eigenvalue weighted by Gasteiger charge is 2.19. The highest BCUT2D eigenvalue weighted by Crippen LogP contribution is 2.12. The molecule has 0 radical (unpaired) electrons. The van der Waals surface area contributed by atoms with Crippen LogP contribution in [0, 0.1) is 0 Å². The lowest BCUT2D eigenvalue weighted by atomic mass is 10.2. The fraction of sp³-hybridized carbons (Fsp3) is 0.750. The van der Waals surface area contributed by atoms with E-state index >= 15 is 0 Å². The van der Waals surface area contributed by atoms with E-state index in [-0.39, 0.29) is 6.54 Å². The molecule has 16 heavy (non-hydrogen) atoms. The minimum Gasteiger partial charge on any atom is -0.459 e. The van der Waals surface area contributed by atoms with E-state index in [0.29, 0.717) is 0 Å². The summed E-state index contributed by atoms with van der Waals surface area (Å²) < 4.78 is 29.1. The number of hydrogen-bond donors (Lipinski definition) is 0. The van der Waals surface area contributed by atoms with Crippen LogP contribution in [0.25, 0.3) is 0 Å². The van der Waals surface area contributed by atoms with Gasteiger partial charge in [0.2, 0.25) is 5.82 Å². The molecule has 0 bridgehead atoms. The first-order chi connectivity index (χ1) is 7.28. The Bertz CT molecular complexity index is 372. The summed E-state index contributed by atoms with van der Waals surface area (Å²) in [7, 11) is 0. The molecule has 0 aliphatic carbocycles. The lowest BCUT2D eigenvalue weighted by molar-refractivity contribution is -0.156. The van der Waals surface area contributed by atoms with Gasteiger partial charge in [0.15, 0.2) is 6.54 Å². The number of carbonyl (C=O) groups excluding carboxylic acids is 1. The number of esters is 1. The third-order valence-corrected chi connectivity index (χ3v) is 1.35. The van der Waals surface area contributed by atoms with Gasteiger partial charge >= 0.3 is 12.4 Å². The lowest BCUT2D eigenvalue weighted by Crippen LogP contribution is -2.27. The maximum atomic E-state index is 12.1. The Labute approximate surface area is 90.6 Å². The maximum Gasteiger partial charge on any atom is 0.330 e. The molecule has 90 valence electrons. The summed E-state index contributed by atoms with van der Waals surface area (Å²) in [5, 5.41) is 9.71. The number of halogens is 2. The zero-order chi connectivity index (χ0) is 12.3. The monoisotopic (exact) mass is 234 g/mol. The molecule has 0 saturated carbocycles. The predicted molar refractivity (Wildman–Crippen MR) is 48.6 cm³/mol. The van der Waals surface area contributed by atoms with Gasteiger partial charge in [-0.25, -0.2) is 13.6 Å². The van der Waals surface area contributed by atoms with Gasteiger partial charge in [0.1, 0.15) is 5.60 Å². The van der Waals surface area contributed by atoms with Crippen LogP contribution in [-0.2, 0) is 16.1 Å². The number of hydrogen-bond acceptors (Lipinski definition) is 5. The molecule has 1 aromatic rings. The number of alkyl halides is 2. The molecule has 0 amide bonds.